The molecule has 0 fully saturated rings. The van der Waals surface area contributed by atoms with E-state index in [-0.39, 0.29) is 0 Å². The summed E-state index contributed by atoms with van der Waals surface area (Å²) in [5.74, 6) is 0. The van der Waals surface area contributed by atoms with Gasteiger partial charge in [0, 0.05) is 18.3 Å². The van der Waals surface area contributed by atoms with Crippen molar-refractivity contribution in [3.63, 3.8) is 0 Å². The average molecular weight is 181 g/mol. The molecule has 3 heteroatoms. The Hall–Kier alpha value is -0.830. The van der Waals surface area contributed by atoms with Gasteiger partial charge in [0.05, 0.1) is 5.69 Å². The highest BCUT2D eigenvalue weighted by Gasteiger charge is 2.09. The Kier molecular flexibility index (Phi) is 3.48. The summed E-state index contributed by atoms with van der Waals surface area (Å²) in [6.07, 6.45) is 1.05. The second kappa shape index (κ2) is 4.42. The lowest BCUT2D eigenvalue weighted by Gasteiger charge is -2.04. The highest BCUT2D eigenvalue weighted by molar-refractivity contribution is 5.13. The van der Waals surface area contributed by atoms with Crippen LogP contribution in [0.5, 0.6) is 0 Å². The van der Waals surface area contributed by atoms with Crippen molar-refractivity contribution >= 4 is 0 Å². The van der Waals surface area contributed by atoms with Crippen LogP contribution in [0.25, 0.3) is 0 Å². The van der Waals surface area contributed by atoms with Crippen LogP contribution >= 0.6 is 0 Å². The van der Waals surface area contributed by atoms with Crippen LogP contribution in [-0.2, 0) is 13.0 Å². The summed E-state index contributed by atoms with van der Waals surface area (Å²) < 4.78 is 2.07. The van der Waals surface area contributed by atoms with Gasteiger partial charge in [0.15, 0.2) is 0 Å². The Morgan fingerprint density at radius 3 is 2.62 bits per heavy atom. The molecule has 0 amide bonds. The van der Waals surface area contributed by atoms with E-state index in [1.54, 1.807) is 0 Å². The smallest absolute Gasteiger partial charge is 0.0793 e. The van der Waals surface area contributed by atoms with Crippen LogP contribution < -0.4 is 5.32 Å². The summed E-state index contributed by atoms with van der Waals surface area (Å²) in [6, 6.07) is 2.53. The van der Waals surface area contributed by atoms with Crippen LogP contribution in [0, 0.1) is 0 Å². The average Bonchev–Trinajstić information content (AvgIpc) is 2.59. The van der Waals surface area contributed by atoms with Crippen molar-refractivity contribution in [2.24, 2.45) is 0 Å². The first-order chi connectivity index (χ1) is 6.22. The predicted molar refractivity (Wildman–Crippen MR) is 54.8 cm³/mol. The third-order valence-corrected chi connectivity index (χ3v) is 2.42. The van der Waals surface area contributed by atoms with Crippen molar-refractivity contribution in [3.8, 4) is 0 Å². The molecule has 0 saturated heterocycles. The van der Waals surface area contributed by atoms with Gasteiger partial charge in [0.25, 0.3) is 0 Å². The first-order valence-corrected chi connectivity index (χ1v) is 4.96. The fraction of sp³-hybridized carbons (Fsp3) is 0.700. The van der Waals surface area contributed by atoms with E-state index in [4.69, 9.17) is 0 Å². The summed E-state index contributed by atoms with van der Waals surface area (Å²) in [6.45, 7) is 7.37. The number of aryl methyl sites for hydroxylation is 2. The van der Waals surface area contributed by atoms with E-state index in [9.17, 15) is 0 Å². The van der Waals surface area contributed by atoms with Crippen LogP contribution in [-0.4, -0.2) is 16.8 Å². The summed E-state index contributed by atoms with van der Waals surface area (Å²) in [5, 5.41) is 7.72. The number of hydrogen-bond donors (Lipinski definition) is 1. The second-order valence-electron chi connectivity index (χ2n) is 3.24. The maximum absolute atomic E-state index is 4.52. The van der Waals surface area contributed by atoms with E-state index in [1.807, 2.05) is 7.05 Å². The molecule has 0 aliphatic heterocycles. The van der Waals surface area contributed by atoms with Crippen molar-refractivity contribution in [1.82, 2.24) is 15.1 Å². The molecule has 1 unspecified atom stereocenters. The molecule has 1 atom stereocenters. The number of nitrogens with zero attached hydrogens (tertiary/aromatic N) is 2. The molecule has 0 radical (unpaired) electrons. The number of hydrogen-bond acceptors (Lipinski definition) is 2. The van der Waals surface area contributed by atoms with Gasteiger partial charge in [-0.25, -0.2) is 0 Å². The van der Waals surface area contributed by atoms with Crippen LogP contribution in [0.1, 0.15) is 38.2 Å². The van der Waals surface area contributed by atoms with Gasteiger partial charge in [-0.1, -0.05) is 6.92 Å². The van der Waals surface area contributed by atoms with Gasteiger partial charge in [0.2, 0.25) is 0 Å². The van der Waals surface area contributed by atoms with Crippen molar-refractivity contribution in [2.75, 3.05) is 7.05 Å². The minimum Gasteiger partial charge on any atom is -0.312 e. The Labute approximate surface area is 80.1 Å². The Balaban J connectivity index is 2.92. The van der Waals surface area contributed by atoms with E-state index >= 15 is 0 Å². The summed E-state index contributed by atoms with van der Waals surface area (Å²) in [5.41, 5.74) is 2.46. The molecule has 13 heavy (non-hydrogen) atoms. The molecule has 1 rings (SSSR count). The number of nitrogens with one attached hydrogen (secondary N) is 1. The quantitative estimate of drug-likeness (QED) is 0.767. The van der Waals surface area contributed by atoms with Crippen molar-refractivity contribution in [2.45, 2.75) is 39.8 Å². The van der Waals surface area contributed by atoms with Crippen LogP contribution in [0.15, 0.2) is 6.07 Å². The van der Waals surface area contributed by atoms with E-state index < -0.39 is 0 Å². The third kappa shape index (κ3) is 2.10. The Morgan fingerprint density at radius 2 is 2.23 bits per heavy atom. The molecule has 0 aliphatic carbocycles. The standard InChI is InChI=1S/C10H19N3/c1-5-9-7-10(8(3)11-4)12-13(9)6-2/h7-8,11H,5-6H2,1-4H3. The van der Waals surface area contributed by atoms with Gasteiger partial charge < -0.3 is 5.32 Å². The molecule has 0 aliphatic rings. The molecule has 74 valence electrons. The molecular formula is C10H19N3. The fourth-order valence-electron chi connectivity index (χ4n) is 1.40. The van der Waals surface area contributed by atoms with Gasteiger partial charge in [-0.3, -0.25) is 4.68 Å². The lowest BCUT2D eigenvalue weighted by Crippen LogP contribution is -2.13. The van der Waals surface area contributed by atoms with Gasteiger partial charge in [0.1, 0.15) is 0 Å². The van der Waals surface area contributed by atoms with Gasteiger partial charge in [-0.05, 0) is 33.4 Å². The van der Waals surface area contributed by atoms with Crippen molar-refractivity contribution < 1.29 is 0 Å². The number of aromatic nitrogens is 2. The van der Waals surface area contributed by atoms with Gasteiger partial charge in [-0.2, -0.15) is 5.10 Å². The van der Waals surface area contributed by atoms with Crippen LogP contribution in [0.2, 0.25) is 0 Å². The molecule has 1 aromatic heterocycles. The SMILES string of the molecule is CCc1cc(C(C)NC)nn1CC. The highest BCUT2D eigenvalue weighted by Crippen LogP contribution is 2.12. The van der Waals surface area contributed by atoms with E-state index in [0.717, 1.165) is 18.7 Å². The molecule has 0 spiro atoms. The maximum atomic E-state index is 4.52. The van der Waals surface area contributed by atoms with Crippen molar-refractivity contribution in [1.29, 1.82) is 0 Å². The van der Waals surface area contributed by atoms with Crippen molar-refractivity contribution in [3.05, 3.63) is 17.5 Å². The zero-order valence-corrected chi connectivity index (χ0v) is 8.96. The van der Waals surface area contributed by atoms with Gasteiger partial charge in [-0.15, -0.1) is 0 Å². The molecular weight excluding hydrogens is 162 g/mol. The first kappa shape index (κ1) is 10.3. The molecule has 1 aromatic rings. The monoisotopic (exact) mass is 181 g/mol. The summed E-state index contributed by atoms with van der Waals surface area (Å²) in [4.78, 5) is 0. The molecule has 0 aromatic carbocycles. The minimum absolute atomic E-state index is 0.345. The largest absolute Gasteiger partial charge is 0.312 e. The highest BCUT2D eigenvalue weighted by atomic mass is 15.3. The summed E-state index contributed by atoms with van der Waals surface area (Å²) in [7, 11) is 1.96. The fourth-order valence-corrected chi connectivity index (χ4v) is 1.40. The predicted octanol–water partition coefficient (Wildman–Crippen LogP) is 1.75. The summed E-state index contributed by atoms with van der Waals surface area (Å²) >= 11 is 0. The Morgan fingerprint density at radius 1 is 1.54 bits per heavy atom. The topological polar surface area (TPSA) is 29.9 Å². The normalized spacial score (nSPS) is 13.2. The number of rotatable bonds is 4. The van der Waals surface area contributed by atoms with Gasteiger partial charge >= 0.3 is 0 Å². The first-order valence-electron chi connectivity index (χ1n) is 4.96. The molecule has 0 bridgehead atoms. The molecule has 1 N–H and O–H groups in total. The Bertz CT molecular complexity index is 244. The molecule has 1 heterocycles. The maximum Gasteiger partial charge on any atom is 0.0793 e. The lowest BCUT2D eigenvalue weighted by atomic mass is 10.2. The van der Waals surface area contributed by atoms with Crippen LogP contribution in [0.3, 0.4) is 0 Å². The molecule has 0 saturated carbocycles. The van der Waals surface area contributed by atoms with E-state index in [0.29, 0.717) is 6.04 Å². The van der Waals surface area contributed by atoms with Crippen LogP contribution in [0.4, 0.5) is 0 Å². The van der Waals surface area contributed by atoms with E-state index in [2.05, 4.69) is 41.9 Å². The zero-order valence-electron chi connectivity index (χ0n) is 8.96. The minimum atomic E-state index is 0.345. The zero-order chi connectivity index (χ0) is 9.84. The third-order valence-electron chi connectivity index (χ3n) is 2.42. The van der Waals surface area contributed by atoms with E-state index in [1.165, 1.54) is 5.69 Å². The second-order valence-corrected chi connectivity index (χ2v) is 3.24. The molecule has 3 nitrogen and oxygen atoms in total. The lowest BCUT2D eigenvalue weighted by molar-refractivity contribution is 0.578.